The number of unbranched alkanes of at least 4 members (excludes halogenated alkanes) is 2. The first-order chi connectivity index (χ1) is 17.9. The molecule has 1 unspecified atom stereocenters. The van der Waals surface area contributed by atoms with Gasteiger partial charge in [-0.2, -0.15) is 0 Å². The van der Waals surface area contributed by atoms with Gasteiger partial charge in [-0.05, 0) is 44.2 Å². The maximum atomic E-state index is 13.6. The standard InChI is InChI=1S/C27H32ClN5O4/c1-2-3-4-13-32-23(30-14-5-7-21(30)25(35)31-15-6-8-22(31)26(36)37)16-24(34)33-17-20(29-27(32)33)18-9-11-19(28)12-10-18/h9-12,16-17,21-22H,2-8,13-15H2,1H3,(H,36,37)/t21-,22?/m0/s1. The van der Waals surface area contributed by atoms with E-state index in [0.717, 1.165) is 31.2 Å². The van der Waals surface area contributed by atoms with Crippen molar-refractivity contribution in [3.05, 3.63) is 51.9 Å². The molecule has 0 radical (unpaired) electrons. The summed E-state index contributed by atoms with van der Waals surface area (Å²) in [6.07, 6.45) is 7.31. The first kappa shape index (κ1) is 25.3. The maximum absolute atomic E-state index is 13.6. The molecule has 2 atom stereocenters. The van der Waals surface area contributed by atoms with Crippen molar-refractivity contribution in [1.29, 1.82) is 0 Å². The molecule has 2 saturated heterocycles. The summed E-state index contributed by atoms with van der Waals surface area (Å²) in [5, 5.41) is 10.2. The Morgan fingerprint density at radius 3 is 2.54 bits per heavy atom. The largest absolute Gasteiger partial charge is 0.480 e. The molecule has 1 N–H and O–H groups in total. The number of benzene rings is 1. The fraction of sp³-hybridized carbons (Fsp3) is 0.481. The number of rotatable bonds is 8. The van der Waals surface area contributed by atoms with Crippen LogP contribution in [0.3, 0.4) is 0 Å². The van der Waals surface area contributed by atoms with Gasteiger partial charge in [-0.3, -0.25) is 18.6 Å². The van der Waals surface area contributed by atoms with Gasteiger partial charge in [0.2, 0.25) is 11.7 Å². The van der Waals surface area contributed by atoms with Crippen molar-refractivity contribution in [3.63, 3.8) is 0 Å². The third kappa shape index (κ3) is 4.84. The number of carboxylic acid groups (broad SMARTS) is 1. The maximum Gasteiger partial charge on any atom is 0.326 e. The molecule has 5 rings (SSSR count). The van der Waals surface area contributed by atoms with Crippen LogP contribution >= 0.6 is 11.6 Å². The molecule has 196 valence electrons. The van der Waals surface area contributed by atoms with E-state index in [1.807, 2.05) is 21.6 Å². The molecule has 2 aliphatic rings. The number of fused-ring (bicyclic) bond motifs is 1. The first-order valence-electron chi connectivity index (χ1n) is 13.1. The predicted octanol–water partition coefficient (Wildman–Crippen LogP) is 4.05. The summed E-state index contributed by atoms with van der Waals surface area (Å²) in [5.74, 6) is 0.0791. The van der Waals surface area contributed by atoms with E-state index in [0.29, 0.717) is 61.2 Å². The number of aliphatic carboxylic acids is 1. The second-order valence-corrected chi connectivity index (χ2v) is 10.3. The molecule has 9 nitrogen and oxygen atoms in total. The van der Waals surface area contributed by atoms with E-state index in [1.165, 1.54) is 4.90 Å². The van der Waals surface area contributed by atoms with Gasteiger partial charge in [0.15, 0.2) is 0 Å². The molecule has 0 spiro atoms. The summed E-state index contributed by atoms with van der Waals surface area (Å²) in [4.78, 5) is 47.0. The Hall–Kier alpha value is -3.33. The van der Waals surface area contributed by atoms with Gasteiger partial charge in [-0.1, -0.05) is 43.5 Å². The minimum Gasteiger partial charge on any atom is -0.480 e. The summed E-state index contributed by atoms with van der Waals surface area (Å²) in [5.41, 5.74) is 1.31. The molecule has 37 heavy (non-hydrogen) atoms. The van der Waals surface area contributed by atoms with Crippen LogP contribution in [0.15, 0.2) is 41.3 Å². The van der Waals surface area contributed by atoms with Gasteiger partial charge in [0.1, 0.15) is 17.9 Å². The number of likely N-dealkylation sites (tertiary alicyclic amines) is 1. The third-order valence-electron chi connectivity index (χ3n) is 7.47. The fourth-order valence-corrected chi connectivity index (χ4v) is 5.72. The zero-order chi connectivity index (χ0) is 26.1. The molecule has 10 heteroatoms. The quantitative estimate of drug-likeness (QED) is 0.445. The number of imidazole rings is 1. The smallest absolute Gasteiger partial charge is 0.326 e. The number of carbonyl (C=O) groups is 2. The summed E-state index contributed by atoms with van der Waals surface area (Å²) >= 11 is 6.06. The Labute approximate surface area is 220 Å². The number of carbonyl (C=O) groups excluding carboxylic acids is 1. The summed E-state index contributed by atoms with van der Waals surface area (Å²) in [7, 11) is 0. The van der Waals surface area contributed by atoms with Gasteiger partial charge in [0.25, 0.3) is 5.56 Å². The number of anilines is 1. The van der Waals surface area contributed by atoms with Crippen molar-refractivity contribution < 1.29 is 14.7 Å². The minimum atomic E-state index is -0.958. The molecular weight excluding hydrogens is 494 g/mol. The molecule has 2 aromatic heterocycles. The van der Waals surface area contributed by atoms with Crippen LogP contribution in [-0.2, 0) is 16.1 Å². The molecule has 4 heterocycles. The number of hydrogen-bond donors (Lipinski definition) is 1. The van der Waals surface area contributed by atoms with Gasteiger partial charge in [0, 0.05) is 42.5 Å². The van der Waals surface area contributed by atoms with Crippen LogP contribution in [0.2, 0.25) is 5.02 Å². The number of carboxylic acids is 1. The van der Waals surface area contributed by atoms with E-state index in [4.69, 9.17) is 16.6 Å². The normalized spacial score (nSPS) is 19.7. The van der Waals surface area contributed by atoms with Crippen molar-refractivity contribution >= 4 is 35.1 Å². The van der Waals surface area contributed by atoms with Crippen LogP contribution < -0.4 is 10.5 Å². The van der Waals surface area contributed by atoms with Crippen LogP contribution in [0.5, 0.6) is 0 Å². The van der Waals surface area contributed by atoms with Crippen LogP contribution in [0.4, 0.5) is 5.82 Å². The second kappa shape index (κ2) is 10.6. The first-order valence-corrected chi connectivity index (χ1v) is 13.5. The number of aromatic nitrogens is 3. The molecule has 1 amide bonds. The molecule has 0 aliphatic carbocycles. The van der Waals surface area contributed by atoms with Gasteiger partial charge >= 0.3 is 5.97 Å². The van der Waals surface area contributed by atoms with Crippen molar-refractivity contribution in [2.45, 2.75) is 70.5 Å². The van der Waals surface area contributed by atoms with E-state index in [2.05, 4.69) is 6.92 Å². The lowest BCUT2D eigenvalue weighted by Crippen LogP contribution is -2.50. The van der Waals surface area contributed by atoms with Crippen LogP contribution in [0.1, 0.15) is 51.9 Å². The highest BCUT2D eigenvalue weighted by molar-refractivity contribution is 6.30. The lowest BCUT2D eigenvalue weighted by atomic mass is 10.1. The number of nitrogens with zero attached hydrogens (tertiary/aromatic N) is 5. The Morgan fingerprint density at radius 2 is 1.81 bits per heavy atom. The number of halogens is 1. The lowest BCUT2D eigenvalue weighted by molar-refractivity contribution is -0.148. The highest BCUT2D eigenvalue weighted by atomic mass is 35.5. The number of amides is 1. The van der Waals surface area contributed by atoms with Crippen molar-refractivity contribution in [2.75, 3.05) is 18.0 Å². The SMILES string of the molecule is CCCCCn1c(N2CCC[C@H]2C(=O)N2CCCC2C(=O)O)cc(=O)n2cc(-c3ccc(Cl)cc3)nc12. The number of aryl methyl sites for hydroxylation is 1. The van der Waals surface area contributed by atoms with E-state index < -0.39 is 18.1 Å². The van der Waals surface area contributed by atoms with Gasteiger partial charge in [-0.15, -0.1) is 0 Å². The van der Waals surface area contributed by atoms with Crippen LogP contribution in [0, 0.1) is 0 Å². The molecule has 1 aromatic carbocycles. The topological polar surface area (TPSA) is 100 Å². The van der Waals surface area contributed by atoms with Gasteiger partial charge < -0.3 is 14.9 Å². The molecular formula is C27H32ClN5O4. The van der Waals surface area contributed by atoms with E-state index in [-0.39, 0.29) is 11.5 Å². The fourth-order valence-electron chi connectivity index (χ4n) is 5.59. The van der Waals surface area contributed by atoms with Gasteiger partial charge in [-0.25, -0.2) is 9.78 Å². The Morgan fingerprint density at radius 1 is 1.08 bits per heavy atom. The average molecular weight is 526 g/mol. The predicted molar refractivity (Wildman–Crippen MR) is 142 cm³/mol. The lowest BCUT2D eigenvalue weighted by Gasteiger charge is -2.32. The molecule has 2 fully saturated rings. The van der Waals surface area contributed by atoms with E-state index >= 15 is 0 Å². The monoisotopic (exact) mass is 525 g/mol. The Kier molecular flexibility index (Phi) is 7.24. The molecule has 0 bridgehead atoms. The van der Waals surface area contributed by atoms with E-state index in [1.54, 1.807) is 28.8 Å². The Bertz CT molecular complexity index is 1370. The second-order valence-electron chi connectivity index (χ2n) is 9.88. The average Bonchev–Trinajstić information content (AvgIpc) is 3.64. The van der Waals surface area contributed by atoms with Crippen LogP contribution in [0.25, 0.3) is 17.0 Å². The molecule has 0 saturated carbocycles. The zero-order valence-electron chi connectivity index (χ0n) is 21.0. The van der Waals surface area contributed by atoms with Crippen molar-refractivity contribution in [2.24, 2.45) is 0 Å². The summed E-state index contributed by atoms with van der Waals surface area (Å²) in [6, 6.07) is 7.66. The highest BCUT2D eigenvalue weighted by Crippen LogP contribution is 2.31. The molecule has 2 aliphatic heterocycles. The Balaban J connectivity index is 1.57. The zero-order valence-corrected chi connectivity index (χ0v) is 21.7. The van der Waals surface area contributed by atoms with Crippen LogP contribution in [-0.4, -0.2) is 61.0 Å². The minimum absolute atomic E-state index is 0.167. The van der Waals surface area contributed by atoms with E-state index in [9.17, 15) is 19.5 Å². The number of hydrogen-bond acceptors (Lipinski definition) is 5. The van der Waals surface area contributed by atoms with Crippen molar-refractivity contribution in [3.8, 4) is 11.3 Å². The summed E-state index contributed by atoms with van der Waals surface area (Å²) in [6.45, 7) is 3.87. The van der Waals surface area contributed by atoms with Gasteiger partial charge in [0.05, 0.1) is 5.69 Å². The highest BCUT2D eigenvalue weighted by Gasteiger charge is 2.41. The summed E-state index contributed by atoms with van der Waals surface area (Å²) < 4.78 is 3.61. The molecule has 3 aromatic rings. The van der Waals surface area contributed by atoms with Crippen molar-refractivity contribution in [1.82, 2.24) is 18.9 Å². The third-order valence-corrected chi connectivity index (χ3v) is 7.73.